The minimum atomic E-state index is -0.527. The molecule has 0 radical (unpaired) electrons. The first-order valence-electron chi connectivity index (χ1n) is 15.0. The molecule has 0 saturated heterocycles. The first-order chi connectivity index (χ1) is 19.9. The number of amides is 2. The first kappa shape index (κ1) is 27.1. The highest BCUT2D eigenvalue weighted by atomic mass is 16.2. The fourth-order valence-corrected chi connectivity index (χ4v) is 7.18. The standard InChI is InChI=1S/C38H40N2O/c1-28-27-37(2,3)40(36(41)39-33-22-14-7-15-23-33)35-25-24-32(26-34(28)35)38(29-16-8-4-9-17-29,30-18-10-5-11-19-30)31-20-12-6-13-21-31/h4-6,8-13,16-21,24-27,33H,7,14-15,22-23H2,1-3H3,(H,39,41). The number of carbonyl (C=O) groups excluding carboxylic acids is 1. The lowest BCUT2D eigenvalue weighted by atomic mass is 9.64. The van der Waals surface area contributed by atoms with Crippen LogP contribution in [0.15, 0.2) is 115 Å². The Balaban J connectivity index is 1.54. The van der Waals surface area contributed by atoms with E-state index in [1.54, 1.807) is 0 Å². The summed E-state index contributed by atoms with van der Waals surface area (Å²) in [7, 11) is 0. The molecule has 41 heavy (non-hydrogen) atoms. The van der Waals surface area contributed by atoms with Crippen LogP contribution in [0.2, 0.25) is 0 Å². The first-order valence-corrected chi connectivity index (χ1v) is 15.0. The van der Waals surface area contributed by atoms with Gasteiger partial charge in [0.1, 0.15) is 0 Å². The summed E-state index contributed by atoms with van der Waals surface area (Å²) in [6.45, 7) is 6.45. The van der Waals surface area contributed by atoms with E-state index in [1.165, 1.54) is 47.1 Å². The lowest BCUT2D eigenvalue weighted by molar-refractivity contribution is 0.234. The summed E-state index contributed by atoms with van der Waals surface area (Å²) in [6, 6.07) is 39.4. The molecule has 1 heterocycles. The Bertz CT molecular complexity index is 1440. The Kier molecular flexibility index (Phi) is 7.30. The van der Waals surface area contributed by atoms with E-state index in [9.17, 15) is 4.79 Å². The Morgan fingerprint density at radius 2 is 1.24 bits per heavy atom. The summed E-state index contributed by atoms with van der Waals surface area (Å²) < 4.78 is 0. The van der Waals surface area contributed by atoms with E-state index >= 15 is 0 Å². The van der Waals surface area contributed by atoms with Crippen molar-refractivity contribution in [3.63, 3.8) is 0 Å². The Labute approximate surface area is 244 Å². The zero-order valence-electron chi connectivity index (χ0n) is 24.4. The van der Waals surface area contributed by atoms with Crippen molar-refractivity contribution in [2.75, 3.05) is 4.90 Å². The third-order valence-corrected chi connectivity index (χ3v) is 9.00. The van der Waals surface area contributed by atoms with Gasteiger partial charge in [0.05, 0.1) is 16.6 Å². The molecule has 6 rings (SSSR count). The van der Waals surface area contributed by atoms with Gasteiger partial charge in [0.25, 0.3) is 0 Å². The summed E-state index contributed by atoms with van der Waals surface area (Å²) in [6.07, 6.45) is 8.01. The van der Waals surface area contributed by atoms with Crippen LogP contribution in [-0.2, 0) is 5.41 Å². The Morgan fingerprint density at radius 3 is 1.76 bits per heavy atom. The molecule has 1 N–H and O–H groups in total. The minimum Gasteiger partial charge on any atom is -0.335 e. The Hall–Kier alpha value is -4.11. The van der Waals surface area contributed by atoms with Gasteiger partial charge in [0.2, 0.25) is 0 Å². The fourth-order valence-electron chi connectivity index (χ4n) is 7.18. The fraction of sp³-hybridized carbons (Fsp3) is 0.289. The van der Waals surface area contributed by atoms with Crippen molar-refractivity contribution in [1.29, 1.82) is 0 Å². The second-order valence-electron chi connectivity index (χ2n) is 12.2. The smallest absolute Gasteiger partial charge is 0.322 e. The van der Waals surface area contributed by atoms with Crippen LogP contribution < -0.4 is 10.2 Å². The van der Waals surface area contributed by atoms with Crippen molar-refractivity contribution in [2.45, 2.75) is 69.9 Å². The van der Waals surface area contributed by atoms with E-state index in [4.69, 9.17) is 0 Å². The van der Waals surface area contributed by atoms with Crippen LogP contribution in [0.5, 0.6) is 0 Å². The third kappa shape index (κ3) is 4.88. The topological polar surface area (TPSA) is 32.3 Å². The third-order valence-electron chi connectivity index (χ3n) is 9.00. The van der Waals surface area contributed by atoms with E-state index in [0.717, 1.165) is 24.1 Å². The predicted molar refractivity (Wildman–Crippen MR) is 170 cm³/mol. The molecule has 0 spiro atoms. The molecule has 0 aromatic heterocycles. The van der Waals surface area contributed by atoms with E-state index in [2.05, 4.69) is 141 Å². The molecule has 1 aliphatic carbocycles. The van der Waals surface area contributed by atoms with Crippen LogP contribution in [0.25, 0.3) is 5.57 Å². The molecular formula is C38H40N2O. The number of allylic oxidation sites excluding steroid dienone is 1. The summed E-state index contributed by atoms with van der Waals surface area (Å²) in [5, 5.41) is 3.38. The highest BCUT2D eigenvalue weighted by Crippen LogP contribution is 2.48. The predicted octanol–water partition coefficient (Wildman–Crippen LogP) is 9.11. The van der Waals surface area contributed by atoms with Gasteiger partial charge in [0.15, 0.2) is 0 Å². The van der Waals surface area contributed by atoms with Crippen LogP contribution in [0.1, 0.15) is 80.7 Å². The maximum Gasteiger partial charge on any atom is 0.322 e. The molecule has 3 nitrogen and oxygen atoms in total. The Morgan fingerprint density at radius 1 is 0.732 bits per heavy atom. The van der Waals surface area contributed by atoms with E-state index in [0.29, 0.717) is 0 Å². The average Bonchev–Trinajstić information content (AvgIpc) is 2.99. The van der Waals surface area contributed by atoms with Gasteiger partial charge in [0, 0.05) is 11.6 Å². The molecule has 0 bridgehead atoms. The number of urea groups is 1. The van der Waals surface area contributed by atoms with E-state index in [1.807, 2.05) is 4.90 Å². The number of hydrogen-bond acceptors (Lipinski definition) is 1. The van der Waals surface area contributed by atoms with Crippen LogP contribution in [0.3, 0.4) is 0 Å². The van der Waals surface area contributed by atoms with Crippen molar-refractivity contribution in [3.8, 4) is 0 Å². The zero-order valence-corrected chi connectivity index (χ0v) is 24.4. The highest BCUT2D eigenvalue weighted by molar-refractivity contribution is 5.99. The number of anilines is 1. The SMILES string of the molecule is CC1=CC(C)(C)N(C(=O)NC2CCCCC2)c2ccc(C(c3ccccc3)(c3ccccc3)c3ccccc3)cc21. The van der Waals surface area contributed by atoms with Crippen molar-refractivity contribution in [3.05, 3.63) is 143 Å². The highest BCUT2D eigenvalue weighted by Gasteiger charge is 2.41. The molecule has 1 saturated carbocycles. The molecule has 2 aliphatic rings. The lowest BCUT2D eigenvalue weighted by Gasteiger charge is -2.43. The number of nitrogens with one attached hydrogen (secondary N) is 1. The monoisotopic (exact) mass is 540 g/mol. The second kappa shape index (κ2) is 11.0. The molecule has 1 aliphatic heterocycles. The number of hydrogen-bond donors (Lipinski definition) is 1. The molecule has 0 unspecified atom stereocenters. The van der Waals surface area contributed by atoms with Gasteiger partial charge >= 0.3 is 6.03 Å². The number of carbonyl (C=O) groups is 1. The summed E-state index contributed by atoms with van der Waals surface area (Å²) in [5.41, 5.74) is 7.11. The average molecular weight is 541 g/mol. The van der Waals surface area contributed by atoms with Crippen LogP contribution in [0.4, 0.5) is 10.5 Å². The van der Waals surface area contributed by atoms with E-state index in [-0.39, 0.29) is 12.1 Å². The molecule has 1 fully saturated rings. The normalized spacial score (nSPS) is 17.0. The van der Waals surface area contributed by atoms with Crippen molar-refractivity contribution >= 4 is 17.3 Å². The number of rotatable bonds is 5. The molecule has 2 amide bonds. The number of fused-ring (bicyclic) bond motifs is 1. The molecule has 3 heteroatoms. The minimum absolute atomic E-state index is 0.0000846. The largest absolute Gasteiger partial charge is 0.335 e. The number of benzene rings is 4. The van der Waals surface area contributed by atoms with Gasteiger partial charge in [-0.3, -0.25) is 4.90 Å². The lowest BCUT2D eigenvalue weighted by Crippen LogP contribution is -2.55. The van der Waals surface area contributed by atoms with Gasteiger partial charge in [-0.05, 0) is 73.6 Å². The van der Waals surface area contributed by atoms with Gasteiger partial charge in [-0.1, -0.05) is 122 Å². The van der Waals surface area contributed by atoms with Crippen LogP contribution >= 0.6 is 0 Å². The molecule has 4 aromatic rings. The van der Waals surface area contributed by atoms with Gasteiger partial charge < -0.3 is 5.32 Å². The quantitative estimate of drug-likeness (QED) is 0.252. The number of nitrogens with zero attached hydrogens (tertiary/aromatic N) is 1. The second-order valence-corrected chi connectivity index (χ2v) is 12.2. The van der Waals surface area contributed by atoms with Gasteiger partial charge in [-0.15, -0.1) is 0 Å². The molecule has 0 atom stereocenters. The van der Waals surface area contributed by atoms with Crippen molar-refractivity contribution in [1.82, 2.24) is 5.32 Å². The van der Waals surface area contributed by atoms with Gasteiger partial charge in [-0.25, -0.2) is 4.79 Å². The molecular weight excluding hydrogens is 500 g/mol. The van der Waals surface area contributed by atoms with Crippen molar-refractivity contribution in [2.24, 2.45) is 0 Å². The molecule has 4 aromatic carbocycles. The summed E-state index contributed by atoms with van der Waals surface area (Å²) in [5.74, 6) is 0. The van der Waals surface area contributed by atoms with Crippen LogP contribution in [0, 0.1) is 0 Å². The van der Waals surface area contributed by atoms with Crippen molar-refractivity contribution < 1.29 is 4.79 Å². The van der Waals surface area contributed by atoms with Crippen LogP contribution in [-0.4, -0.2) is 17.6 Å². The zero-order chi connectivity index (χ0) is 28.5. The van der Waals surface area contributed by atoms with Gasteiger partial charge in [-0.2, -0.15) is 0 Å². The summed E-state index contributed by atoms with van der Waals surface area (Å²) >= 11 is 0. The maximum absolute atomic E-state index is 13.9. The van der Waals surface area contributed by atoms with E-state index < -0.39 is 11.0 Å². The maximum atomic E-state index is 13.9. The molecule has 208 valence electrons. The summed E-state index contributed by atoms with van der Waals surface area (Å²) in [4.78, 5) is 15.9.